The summed E-state index contributed by atoms with van der Waals surface area (Å²) in [6.45, 7) is 1.96. The highest BCUT2D eigenvalue weighted by Gasteiger charge is 2.26. The van der Waals surface area contributed by atoms with E-state index in [0.29, 0.717) is 43.1 Å². The van der Waals surface area contributed by atoms with Crippen LogP contribution in [0.15, 0.2) is 59.3 Å². The second kappa shape index (κ2) is 8.24. The third-order valence-electron chi connectivity index (χ3n) is 4.57. The van der Waals surface area contributed by atoms with Crippen LogP contribution in [0.5, 0.6) is 0 Å². The van der Waals surface area contributed by atoms with Crippen LogP contribution in [0.3, 0.4) is 0 Å². The maximum absolute atomic E-state index is 13.4. The minimum absolute atomic E-state index is 0.0106. The van der Waals surface area contributed by atoms with Gasteiger partial charge in [-0.1, -0.05) is 24.3 Å². The number of hydrogen-bond acceptors (Lipinski definition) is 5. The molecule has 1 saturated heterocycles. The lowest BCUT2D eigenvalue weighted by Crippen LogP contribution is -2.40. The standard InChI is InChI=1S/C21H18FN3O4/c22-14-4-3-5-15(12-14)24-20(26)18-19(29-13-23-18)16-6-1-2-7-17(16)21(27)25-8-10-28-11-9-25/h1-7,12-13H,8-11H2,(H,24,26). The molecule has 0 spiro atoms. The van der Waals surface area contributed by atoms with Crippen LogP contribution in [0.25, 0.3) is 11.3 Å². The number of ether oxygens (including phenoxy) is 1. The average molecular weight is 395 g/mol. The number of benzene rings is 2. The highest BCUT2D eigenvalue weighted by atomic mass is 19.1. The number of rotatable bonds is 4. The van der Waals surface area contributed by atoms with Gasteiger partial charge >= 0.3 is 0 Å². The fourth-order valence-corrected chi connectivity index (χ4v) is 3.16. The molecule has 29 heavy (non-hydrogen) atoms. The molecule has 0 radical (unpaired) electrons. The van der Waals surface area contributed by atoms with E-state index in [9.17, 15) is 14.0 Å². The molecule has 0 aliphatic carbocycles. The maximum atomic E-state index is 13.4. The molecule has 1 aromatic heterocycles. The molecule has 2 aromatic carbocycles. The first kappa shape index (κ1) is 18.8. The van der Waals surface area contributed by atoms with Gasteiger partial charge in [-0.15, -0.1) is 0 Å². The van der Waals surface area contributed by atoms with E-state index in [0.717, 1.165) is 6.39 Å². The highest BCUT2D eigenvalue weighted by molar-refractivity contribution is 6.08. The molecular formula is C21H18FN3O4. The van der Waals surface area contributed by atoms with Gasteiger partial charge in [0.15, 0.2) is 17.8 Å². The van der Waals surface area contributed by atoms with E-state index in [1.165, 1.54) is 18.2 Å². The quantitative estimate of drug-likeness (QED) is 0.733. The van der Waals surface area contributed by atoms with Gasteiger partial charge in [0.1, 0.15) is 5.82 Å². The Hall–Kier alpha value is -3.52. The van der Waals surface area contributed by atoms with Crippen molar-refractivity contribution in [3.05, 3.63) is 72.0 Å². The summed E-state index contributed by atoms with van der Waals surface area (Å²) in [5, 5.41) is 2.59. The van der Waals surface area contributed by atoms with Crippen LogP contribution in [0.4, 0.5) is 10.1 Å². The summed E-state index contributed by atoms with van der Waals surface area (Å²) >= 11 is 0. The number of halogens is 1. The van der Waals surface area contributed by atoms with Gasteiger partial charge in [0.05, 0.1) is 18.8 Å². The normalized spacial score (nSPS) is 13.9. The van der Waals surface area contributed by atoms with Gasteiger partial charge in [-0.3, -0.25) is 9.59 Å². The molecule has 8 heteroatoms. The van der Waals surface area contributed by atoms with E-state index >= 15 is 0 Å². The summed E-state index contributed by atoms with van der Waals surface area (Å²) in [6, 6.07) is 12.4. The Labute approximate surface area is 166 Å². The van der Waals surface area contributed by atoms with E-state index < -0.39 is 11.7 Å². The SMILES string of the molecule is O=C(Nc1cccc(F)c1)c1ncoc1-c1ccccc1C(=O)N1CCOCC1. The van der Waals surface area contributed by atoms with Gasteiger partial charge in [0.2, 0.25) is 0 Å². The summed E-state index contributed by atoms with van der Waals surface area (Å²) in [6.07, 6.45) is 1.14. The van der Waals surface area contributed by atoms with Crippen LogP contribution < -0.4 is 5.32 Å². The van der Waals surface area contributed by atoms with Crippen LogP contribution in [-0.2, 0) is 4.74 Å². The van der Waals surface area contributed by atoms with Gasteiger partial charge in [0, 0.05) is 24.3 Å². The number of morpholine rings is 1. The van der Waals surface area contributed by atoms with Crippen molar-refractivity contribution in [1.82, 2.24) is 9.88 Å². The van der Waals surface area contributed by atoms with Crippen molar-refractivity contribution in [2.75, 3.05) is 31.6 Å². The van der Waals surface area contributed by atoms with Crippen molar-refractivity contribution in [1.29, 1.82) is 0 Å². The minimum Gasteiger partial charge on any atom is -0.443 e. The van der Waals surface area contributed by atoms with Crippen molar-refractivity contribution in [2.24, 2.45) is 0 Å². The van der Waals surface area contributed by atoms with Gasteiger partial charge in [-0.25, -0.2) is 9.37 Å². The predicted molar refractivity (Wildman–Crippen MR) is 103 cm³/mol. The van der Waals surface area contributed by atoms with Crippen molar-refractivity contribution >= 4 is 17.5 Å². The van der Waals surface area contributed by atoms with Crippen molar-refractivity contribution in [2.45, 2.75) is 0 Å². The fraction of sp³-hybridized carbons (Fsp3) is 0.190. The van der Waals surface area contributed by atoms with Crippen LogP contribution in [0.2, 0.25) is 0 Å². The van der Waals surface area contributed by atoms with Gasteiger partial charge in [0.25, 0.3) is 11.8 Å². The molecule has 4 rings (SSSR count). The zero-order valence-electron chi connectivity index (χ0n) is 15.4. The van der Waals surface area contributed by atoms with E-state index in [-0.39, 0.29) is 17.4 Å². The molecule has 0 unspecified atom stereocenters. The third-order valence-corrected chi connectivity index (χ3v) is 4.57. The number of oxazole rings is 1. The second-order valence-corrected chi connectivity index (χ2v) is 6.44. The van der Waals surface area contributed by atoms with E-state index in [1.54, 1.807) is 35.2 Å². The van der Waals surface area contributed by atoms with Gasteiger partial charge in [-0.05, 0) is 24.3 Å². The van der Waals surface area contributed by atoms with Crippen LogP contribution in [0.1, 0.15) is 20.8 Å². The topological polar surface area (TPSA) is 84.7 Å². The smallest absolute Gasteiger partial charge is 0.278 e. The largest absolute Gasteiger partial charge is 0.443 e. The number of anilines is 1. The number of carbonyl (C=O) groups excluding carboxylic acids is 2. The number of nitrogens with one attached hydrogen (secondary N) is 1. The summed E-state index contributed by atoms with van der Waals surface area (Å²) < 4.78 is 24.2. The predicted octanol–water partition coefficient (Wildman–Crippen LogP) is 3.21. The zero-order chi connectivity index (χ0) is 20.2. The molecule has 1 aliphatic rings. The first-order valence-corrected chi connectivity index (χ1v) is 9.10. The molecule has 7 nitrogen and oxygen atoms in total. The lowest BCUT2D eigenvalue weighted by Gasteiger charge is -2.27. The van der Waals surface area contributed by atoms with Crippen molar-refractivity contribution < 1.29 is 23.1 Å². The van der Waals surface area contributed by atoms with E-state index in [1.807, 2.05) is 0 Å². The lowest BCUT2D eigenvalue weighted by atomic mass is 10.0. The molecule has 2 amide bonds. The Kier molecular flexibility index (Phi) is 5.35. The maximum Gasteiger partial charge on any atom is 0.278 e. The van der Waals surface area contributed by atoms with Gasteiger partial charge in [-0.2, -0.15) is 0 Å². The highest BCUT2D eigenvalue weighted by Crippen LogP contribution is 2.28. The Morgan fingerprint density at radius 2 is 1.86 bits per heavy atom. The number of nitrogens with zero attached hydrogens (tertiary/aromatic N) is 2. The Balaban J connectivity index is 1.64. The van der Waals surface area contributed by atoms with Crippen LogP contribution in [0, 0.1) is 5.82 Å². The first-order valence-electron chi connectivity index (χ1n) is 9.10. The summed E-state index contributed by atoms with van der Waals surface area (Å²) in [5.41, 5.74) is 1.18. The molecule has 2 heterocycles. The Morgan fingerprint density at radius 1 is 1.07 bits per heavy atom. The molecule has 148 valence electrons. The molecule has 3 aromatic rings. The Bertz CT molecular complexity index is 1040. The summed E-state index contributed by atoms with van der Waals surface area (Å²) in [7, 11) is 0. The average Bonchev–Trinajstić information content (AvgIpc) is 3.24. The van der Waals surface area contributed by atoms with Gasteiger partial charge < -0.3 is 19.4 Å². The van der Waals surface area contributed by atoms with E-state index in [2.05, 4.69) is 10.3 Å². The monoisotopic (exact) mass is 395 g/mol. The van der Waals surface area contributed by atoms with Crippen molar-refractivity contribution in [3.63, 3.8) is 0 Å². The summed E-state index contributed by atoms with van der Waals surface area (Å²) in [5.74, 6) is -1.02. The van der Waals surface area contributed by atoms with Crippen LogP contribution in [-0.4, -0.2) is 48.0 Å². The van der Waals surface area contributed by atoms with Crippen LogP contribution >= 0.6 is 0 Å². The molecule has 1 aliphatic heterocycles. The lowest BCUT2D eigenvalue weighted by molar-refractivity contribution is 0.0303. The molecule has 1 fully saturated rings. The molecule has 0 bridgehead atoms. The minimum atomic E-state index is -0.562. The summed E-state index contributed by atoms with van der Waals surface area (Å²) in [4.78, 5) is 31.4. The molecular weight excluding hydrogens is 377 g/mol. The Morgan fingerprint density at radius 3 is 2.66 bits per heavy atom. The number of amides is 2. The molecule has 0 saturated carbocycles. The molecule has 1 N–H and O–H groups in total. The second-order valence-electron chi connectivity index (χ2n) is 6.44. The fourth-order valence-electron chi connectivity index (χ4n) is 3.16. The number of hydrogen-bond donors (Lipinski definition) is 1. The number of carbonyl (C=O) groups is 2. The zero-order valence-corrected chi connectivity index (χ0v) is 15.4. The van der Waals surface area contributed by atoms with E-state index in [4.69, 9.17) is 9.15 Å². The molecule has 0 atom stereocenters. The van der Waals surface area contributed by atoms with Crippen molar-refractivity contribution in [3.8, 4) is 11.3 Å². The third kappa shape index (κ3) is 4.02. The first-order chi connectivity index (χ1) is 14.1. The number of aromatic nitrogens is 1.